The van der Waals surface area contributed by atoms with Gasteiger partial charge < -0.3 is 9.67 Å². The highest BCUT2D eigenvalue weighted by Gasteiger charge is 2.54. The summed E-state index contributed by atoms with van der Waals surface area (Å²) in [5.74, 6) is 0. The normalized spacial score (nSPS) is 24.4. The number of aliphatic hydroxyl groups is 1. The summed E-state index contributed by atoms with van der Waals surface area (Å²) in [6, 6.07) is 7.49. The Morgan fingerprint density at radius 1 is 1.39 bits per heavy atom. The van der Waals surface area contributed by atoms with Crippen LogP contribution >= 0.6 is 0 Å². The molecule has 2 aliphatic rings. The summed E-state index contributed by atoms with van der Waals surface area (Å²) in [6.07, 6.45) is 3.36. The Hall–Kier alpha value is -1.68. The maximum Gasteiger partial charge on any atom is 0.139 e. The molecule has 0 bridgehead atoms. The van der Waals surface area contributed by atoms with Gasteiger partial charge in [0.15, 0.2) is 0 Å². The lowest BCUT2D eigenvalue weighted by atomic mass is 9.96. The molecule has 4 rings (SSSR count). The first-order valence-electron chi connectivity index (χ1n) is 6.19. The van der Waals surface area contributed by atoms with Gasteiger partial charge in [0.05, 0.1) is 24.3 Å². The molecule has 1 saturated carbocycles. The third kappa shape index (κ3) is 1.18. The monoisotopic (exact) mass is 244 g/mol. The van der Waals surface area contributed by atoms with Crippen LogP contribution in [-0.2, 0) is 0 Å². The molecule has 92 valence electrons. The number of aliphatic hydroxyl groups excluding tert-OH is 1. The Morgan fingerprint density at radius 2 is 2.17 bits per heavy atom. The highest BCUT2D eigenvalue weighted by molar-refractivity contribution is 5.69. The number of hydrogen-bond donors (Lipinski definition) is 1. The molecular formula is C14H13FN2O. The van der Waals surface area contributed by atoms with Crippen molar-refractivity contribution >= 4 is 0 Å². The van der Waals surface area contributed by atoms with Crippen molar-refractivity contribution in [3.8, 4) is 11.3 Å². The van der Waals surface area contributed by atoms with E-state index in [0.717, 1.165) is 16.8 Å². The highest BCUT2D eigenvalue weighted by Crippen LogP contribution is 2.51. The van der Waals surface area contributed by atoms with Crippen LogP contribution < -0.4 is 0 Å². The van der Waals surface area contributed by atoms with E-state index in [-0.39, 0.29) is 6.04 Å². The van der Waals surface area contributed by atoms with E-state index in [1.807, 2.05) is 28.8 Å². The Balaban J connectivity index is 1.89. The molecule has 1 aliphatic heterocycles. The van der Waals surface area contributed by atoms with Gasteiger partial charge in [0, 0.05) is 5.56 Å². The molecule has 0 saturated heterocycles. The minimum Gasteiger partial charge on any atom is -0.387 e. The summed E-state index contributed by atoms with van der Waals surface area (Å²) in [7, 11) is 0. The van der Waals surface area contributed by atoms with Crippen molar-refractivity contribution < 1.29 is 9.50 Å². The summed E-state index contributed by atoms with van der Waals surface area (Å²) in [5, 5.41) is 10.3. The number of rotatable bonds is 2. The Bertz CT molecular complexity index is 618. The van der Waals surface area contributed by atoms with Gasteiger partial charge in [0.1, 0.15) is 11.8 Å². The van der Waals surface area contributed by atoms with Gasteiger partial charge in [-0.3, -0.25) is 0 Å². The molecule has 18 heavy (non-hydrogen) atoms. The molecule has 0 radical (unpaired) electrons. The average molecular weight is 244 g/mol. The molecule has 1 fully saturated rings. The van der Waals surface area contributed by atoms with Crippen molar-refractivity contribution in [1.29, 1.82) is 0 Å². The standard InChI is InChI=1S/C14H13FN2O/c15-14(5-6-14)13(18)12-10-4-2-1-3-9(10)11-7-16-8-17(11)12/h1-4,7-8,12-13,18H,5-6H2/t12-,13-/m1/s1. The van der Waals surface area contributed by atoms with E-state index < -0.39 is 11.8 Å². The molecule has 0 spiro atoms. The Morgan fingerprint density at radius 3 is 2.94 bits per heavy atom. The Labute approximate surface area is 104 Å². The maximum atomic E-state index is 14.2. The number of hydrogen-bond acceptors (Lipinski definition) is 2. The zero-order valence-corrected chi connectivity index (χ0v) is 9.75. The van der Waals surface area contributed by atoms with Crippen LogP contribution in [0.25, 0.3) is 11.3 Å². The van der Waals surface area contributed by atoms with Crippen LogP contribution in [0, 0.1) is 0 Å². The van der Waals surface area contributed by atoms with Crippen LogP contribution in [-0.4, -0.2) is 26.4 Å². The maximum absolute atomic E-state index is 14.2. The van der Waals surface area contributed by atoms with Crippen LogP contribution in [0.1, 0.15) is 24.4 Å². The molecule has 2 atom stereocenters. The average Bonchev–Trinajstić information content (AvgIpc) is 2.87. The number of nitrogens with zero attached hydrogens (tertiary/aromatic N) is 2. The molecule has 1 N–H and O–H groups in total. The summed E-state index contributed by atoms with van der Waals surface area (Å²) in [6.45, 7) is 0. The van der Waals surface area contributed by atoms with Crippen molar-refractivity contribution in [3.05, 3.63) is 42.4 Å². The van der Waals surface area contributed by atoms with Gasteiger partial charge in [-0.2, -0.15) is 0 Å². The fourth-order valence-electron chi connectivity index (χ4n) is 2.89. The number of aromatic nitrogens is 2. The fourth-order valence-corrected chi connectivity index (χ4v) is 2.89. The number of imidazole rings is 1. The number of halogens is 1. The topological polar surface area (TPSA) is 38.1 Å². The Kier molecular flexibility index (Phi) is 1.83. The van der Waals surface area contributed by atoms with Gasteiger partial charge in [-0.1, -0.05) is 24.3 Å². The molecule has 1 aliphatic carbocycles. The SMILES string of the molecule is O[C@H]([C@H]1c2ccccc2-c2cncn21)C1(F)CC1. The highest BCUT2D eigenvalue weighted by atomic mass is 19.1. The van der Waals surface area contributed by atoms with Crippen LogP contribution in [0.3, 0.4) is 0 Å². The second kappa shape index (κ2) is 3.20. The largest absolute Gasteiger partial charge is 0.387 e. The lowest BCUT2D eigenvalue weighted by molar-refractivity contribution is 0.0330. The number of fused-ring (bicyclic) bond motifs is 3. The summed E-state index contributed by atoms with van der Waals surface area (Å²) >= 11 is 0. The fraction of sp³-hybridized carbons (Fsp3) is 0.357. The van der Waals surface area contributed by atoms with E-state index in [1.54, 1.807) is 12.5 Å². The molecule has 4 heteroatoms. The number of benzene rings is 1. The molecule has 1 aromatic carbocycles. The smallest absolute Gasteiger partial charge is 0.139 e. The van der Waals surface area contributed by atoms with Crippen LogP contribution in [0.4, 0.5) is 4.39 Å². The molecule has 2 aromatic rings. The van der Waals surface area contributed by atoms with Gasteiger partial charge in [0.2, 0.25) is 0 Å². The molecule has 1 aromatic heterocycles. The quantitative estimate of drug-likeness (QED) is 0.880. The van der Waals surface area contributed by atoms with Crippen LogP contribution in [0.15, 0.2) is 36.8 Å². The zero-order chi connectivity index (χ0) is 12.3. The van der Waals surface area contributed by atoms with Crippen LogP contribution in [0.2, 0.25) is 0 Å². The van der Waals surface area contributed by atoms with Gasteiger partial charge in [0.25, 0.3) is 0 Å². The molecule has 2 heterocycles. The minimum absolute atomic E-state index is 0.341. The first-order valence-corrected chi connectivity index (χ1v) is 6.19. The van der Waals surface area contributed by atoms with Crippen LogP contribution in [0.5, 0.6) is 0 Å². The van der Waals surface area contributed by atoms with Gasteiger partial charge in [-0.25, -0.2) is 9.37 Å². The summed E-state index contributed by atoms with van der Waals surface area (Å²) < 4.78 is 16.0. The van der Waals surface area contributed by atoms with E-state index in [4.69, 9.17) is 0 Å². The van der Waals surface area contributed by atoms with Crippen molar-refractivity contribution in [1.82, 2.24) is 9.55 Å². The van der Waals surface area contributed by atoms with Gasteiger partial charge in [-0.15, -0.1) is 0 Å². The van der Waals surface area contributed by atoms with Gasteiger partial charge >= 0.3 is 0 Å². The molecular weight excluding hydrogens is 231 g/mol. The van der Waals surface area contributed by atoms with E-state index in [0.29, 0.717) is 12.8 Å². The van der Waals surface area contributed by atoms with Gasteiger partial charge in [-0.05, 0) is 18.4 Å². The van der Waals surface area contributed by atoms with E-state index >= 15 is 0 Å². The predicted molar refractivity (Wildman–Crippen MR) is 64.9 cm³/mol. The summed E-state index contributed by atoms with van der Waals surface area (Å²) in [4.78, 5) is 4.11. The molecule has 0 unspecified atom stereocenters. The third-order valence-corrected chi connectivity index (χ3v) is 4.08. The van der Waals surface area contributed by atoms with E-state index in [1.165, 1.54) is 0 Å². The minimum atomic E-state index is -1.41. The number of alkyl halides is 1. The summed E-state index contributed by atoms with van der Waals surface area (Å²) in [5.41, 5.74) is 1.58. The van der Waals surface area contributed by atoms with Crippen molar-refractivity contribution in [2.75, 3.05) is 0 Å². The lowest BCUT2D eigenvalue weighted by Gasteiger charge is -2.24. The van der Waals surface area contributed by atoms with Crippen molar-refractivity contribution in [3.63, 3.8) is 0 Å². The first-order chi connectivity index (χ1) is 8.71. The van der Waals surface area contributed by atoms with E-state index in [9.17, 15) is 9.50 Å². The molecule has 3 nitrogen and oxygen atoms in total. The van der Waals surface area contributed by atoms with E-state index in [2.05, 4.69) is 4.98 Å². The zero-order valence-electron chi connectivity index (χ0n) is 9.75. The second-order valence-electron chi connectivity index (χ2n) is 5.20. The first kappa shape index (κ1) is 10.3. The third-order valence-electron chi connectivity index (χ3n) is 4.08. The second-order valence-corrected chi connectivity index (χ2v) is 5.20. The van der Waals surface area contributed by atoms with Crippen molar-refractivity contribution in [2.24, 2.45) is 0 Å². The molecule has 0 amide bonds. The van der Waals surface area contributed by atoms with Crippen molar-refractivity contribution in [2.45, 2.75) is 30.7 Å². The lowest BCUT2D eigenvalue weighted by Crippen LogP contribution is -2.33. The predicted octanol–water partition coefficient (Wildman–Crippen LogP) is 2.32.